The molecule has 0 saturated carbocycles. The molecule has 114 valence electrons. The summed E-state index contributed by atoms with van der Waals surface area (Å²) in [5.74, 6) is -0.317. The van der Waals surface area contributed by atoms with Crippen LogP contribution in [-0.2, 0) is 6.42 Å². The quantitative estimate of drug-likeness (QED) is 0.868. The van der Waals surface area contributed by atoms with Gasteiger partial charge in [-0.1, -0.05) is 24.6 Å². The first-order chi connectivity index (χ1) is 10.0. The SMILES string of the molecule is CCNC(Cc1ccn(C(C)C)n1)c1ccc(F)cc1Cl. The fourth-order valence-corrected chi connectivity index (χ4v) is 2.60. The molecule has 1 aromatic carbocycles. The lowest BCUT2D eigenvalue weighted by Crippen LogP contribution is -2.23. The van der Waals surface area contributed by atoms with Crippen molar-refractivity contribution in [2.24, 2.45) is 0 Å². The third-order valence-corrected chi connectivity index (χ3v) is 3.72. The third kappa shape index (κ3) is 4.05. The van der Waals surface area contributed by atoms with Gasteiger partial charge in [0.05, 0.1) is 5.69 Å². The summed E-state index contributed by atoms with van der Waals surface area (Å²) in [7, 11) is 0. The van der Waals surface area contributed by atoms with E-state index in [0.717, 1.165) is 24.2 Å². The molecule has 1 aromatic heterocycles. The van der Waals surface area contributed by atoms with Crippen LogP contribution in [0.1, 0.15) is 44.1 Å². The van der Waals surface area contributed by atoms with Crippen LogP contribution in [0.4, 0.5) is 4.39 Å². The van der Waals surface area contributed by atoms with E-state index in [1.807, 2.05) is 23.9 Å². The molecule has 2 aromatic rings. The molecule has 0 aliphatic carbocycles. The summed E-state index contributed by atoms with van der Waals surface area (Å²) < 4.78 is 15.1. The van der Waals surface area contributed by atoms with Crippen LogP contribution < -0.4 is 5.32 Å². The van der Waals surface area contributed by atoms with Crippen molar-refractivity contribution in [1.29, 1.82) is 0 Å². The van der Waals surface area contributed by atoms with Gasteiger partial charge in [0.15, 0.2) is 0 Å². The Balaban J connectivity index is 2.21. The number of hydrogen-bond donors (Lipinski definition) is 1. The van der Waals surface area contributed by atoms with Crippen molar-refractivity contribution in [2.45, 2.75) is 39.3 Å². The van der Waals surface area contributed by atoms with E-state index in [2.05, 4.69) is 24.3 Å². The van der Waals surface area contributed by atoms with Crippen molar-refractivity contribution < 1.29 is 4.39 Å². The van der Waals surface area contributed by atoms with E-state index >= 15 is 0 Å². The van der Waals surface area contributed by atoms with Crippen LogP contribution >= 0.6 is 11.6 Å². The molecule has 1 atom stereocenters. The van der Waals surface area contributed by atoms with E-state index in [9.17, 15) is 4.39 Å². The lowest BCUT2D eigenvalue weighted by atomic mass is 10.0. The molecule has 1 N–H and O–H groups in total. The van der Waals surface area contributed by atoms with Crippen molar-refractivity contribution >= 4 is 11.6 Å². The predicted octanol–water partition coefficient (Wildman–Crippen LogP) is 4.15. The van der Waals surface area contributed by atoms with E-state index < -0.39 is 0 Å². The van der Waals surface area contributed by atoms with Crippen LogP contribution in [0.5, 0.6) is 0 Å². The van der Waals surface area contributed by atoms with E-state index in [0.29, 0.717) is 11.1 Å². The number of hydrogen-bond acceptors (Lipinski definition) is 2. The number of benzene rings is 1. The second kappa shape index (κ2) is 7.05. The van der Waals surface area contributed by atoms with E-state index in [-0.39, 0.29) is 11.9 Å². The van der Waals surface area contributed by atoms with Crippen molar-refractivity contribution in [3.8, 4) is 0 Å². The average Bonchev–Trinajstić information content (AvgIpc) is 2.87. The molecule has 1 heterocycles. The molecular formula is C16H21ClFN3. The second-order valence-electron chi connectivity index (χ2n) is 5.36. The Morgan fingerprint density at radius 3 is 2.67 bits per heavy atom. The molecule has 1 unspecified atom stereocenters. The van der Waals surface area contributed by atoms with Gasteiger partial charge in [-0.2, -0.15) is 5.10 Å². The summed E-state index contributed by atoms with van der Waals surface area (Å²) in [6.07, 6.45) is 2.70. The fraction of sp³-hybridized carbons (Fsp3) is 0.438. The van der Waals surface area contributed by atoms with E-state index in [1.165, 1.54) is 12.1 Å². The minimum atomic E-state index is -0.317. The highest BCUT2D eigenvalue weighted by atomic mass is 35.5. The first kappa shape index (κ1) is 16.0. The maximum Gasteiger partial charge on any atom is 0.124 e. The number of aromatic nitrogens is 2. The van der Waals surface area contributed by atoms with Gasteiger partial charge < -0.3 is 5.32 Å². The molecule has 2 rings (SSSR count). The summed E-state index contributed by atoms with van der Waals surface area (Å²) in [6.45, 7) is 7.03. The average molecular weight is 310 g/mol. The highest BCUT2D eigenvalue weighted by Gasteiger charge is 2.16. The number of rotatable bonds is 6. The molecule has 0 fully saturated rings. The van der Waals surface area contributed by atoms with Gasteiger partial charge in [0.1, 0.15) is 5.82 Å². The van der Waals surface area contributed by atoms with E-state index in [1.54, 1.807) is 6.07 Å². The molecule has 0 aliphatic heterocycles. The molecule has 0 bridgehead atoms. The van der Waals surface area contributed by atoms with Gasteiger partial charge in [-0.25, -0.2) is 4.39 Å². The Morgan fingerprint density at radius 1 is 1.33 bits per heavy atom. The Hall–Kier alpha value is -1.39. The van der Waals surface area contributed by atoms with Gasteiger partial charge in [-0.05, 0) is 44.2 Å². The number of likely N-dealkylation sites (N-methyl/N-ethyl adjacent to an activating group) is 1. The molecule has 0 amide bonds. The van der Waals surface area contributed by atoms with Crippen LogP contribution in [0.15, 0.2) is 30.5 Å². The van der Waals surface area contributed by atoms with Gasteiger partial charge in [0.2, 0.25) is 0 Å². The van der Waals surface area contributed by atoms with Crippen LogP contribution in [0.2, 0.25) is 5.02 Å². The Morgan fingerprint density at radius 2 is 2.10 bits per heavy atom. The van der Waals surface area contributed by atoms with Gasteiger partial charge in [0, 0.05) is 29.7 Å². The number of nitrogens with zero attached hydrogens (tertiary/aromatic N) is 2. The minimum Gasteiger partial charge on any atom is -0.310 e. The van der Waals surface area contributed by atoms with Crippen molar-refractivity contribution in [2.75, 3.05) is 6.54 Å². The Labute approximate surface area is 130 Å². The zero-order valence-electron chi connectivity index (χ0n) is 12.6. The maximum absolute atomic E-state index is 13.2. The monoisotopic (exact) mass is 309 g/mol. The van der Waals surface area contributed by atoms with Crippen LogP contribution in [0.3, 0.4) is 0 Å². The lowest BCUT2D eigenvalue weighted by Gasteiger charge is -2.18. The zero-order valence-corrected chi connectivity index (χ0v) is 13.4. The normalized spacial score (nSPS) is 12.9. The highest BCUT2D eigenvalue weighted by molar-refractivity contribution is 6.31. The summed E-state index contributed by atoms with van der Waals surface area (Å²) in [4.78, 5) is 0. The van der Waals surface area contributed by atoms with Gasteiger partial charge in [0.25, 0.3) is 0 Å². The maximum atomic E-state index is 13.2. The van der Waals surface area contributed by atoms with Crippen molar-refractivity contribution in [1.82, 2.24) is 15.1 Å². The Bertz CT molecular complexity index is 595. The molecule has 21 heavy (non-hydrogen) atoms. The predicted molar refractivity (Wildman–Crippen MR) is 84.1 cm³/mol. The molecule has 0 aliphatic rings. The van der Waals surface area contributed by atoms with Gasteiger partial charge >= 0.3 is 0 Å². The topological polar surface area (TPSA) is 29.9 Å². The molecule has 0 spiro atoms. The summed E-state index contributed by atoms with van der Waals surface area (Å²) in [6, 6.07) is 6.92. The van der Waals surface area contributed by atoms with Crippen LogP contribution in [0.25, 0.3) is 0 Å². The highest BCUT2D eigenvalue weighted by Crippen LogP contribution is 2.26. The molecular weight excluding hydrogens is 289 g/mol. The molecule has 0 saturated heterocycles. The van der Waals surface area contributed by atoms with Gasteiger partial charge in [-0.3, -0.25) is 4.68 Å². The summed E-state index contributed by atoms with van der Waals surface area (Å²) in [5, 5.41) is 8.40. The second-order valence-corrected chi connectivity index (χ2v) is 5.77. The van der Waals surface area contributed by atoms with Crippen LogP contribution in [0, 0.1) is 5.82 Å². The minimum absolute atomic E-state index is 0.0265. The number of halogens is 2. The standard InChI is InChI=1S/C16H21ClFN3/c1-4-19-16(14-6-5-12(18)9-15(14)17)10-13-7-8-21(20-13)11(2)3/h5-9,11,16,19H,4,10H2,1-3H3. The summed E-state index contributed by atoms with van der Waals surface area (Å²) in [5.41, 5.74) is 1.90. The largest absolute Gasteiger partial charge is 0.310 e. The molecule has 3 nitrogen and oxygen atoms in total. The molecule has 0 radical (unpaired) electrons. The van der Waals surface area contributed by atoms with Crippen molar-refractivity contribution in [3.05, 3.63) is 52.6 Å². The molecule has 5 heteroatoms. The first-order valence-electron chi connectivity index (χ1n) is 7.23. The van der Waals surface area contributed by atoms with Crippen molar-refractivity contribution in [3.63, 3.8) is 0 Å². The zero-order chi connectivity index (χ0) is 15.4. The lowest BCUT2D eigenvalue weighted by molar-refractivity contribution is 0.506. The van der Waals surface area contributed by atoms with Gasteiger partial charge in [-0.15, -0.1) is 0 Å². The first-order valence-corrected chi connectivity index (χ1v) is 7.61. The van der Waals surface area contributed by atoms with E-state index in [4.69, 9.17) is 11.6 Å². The summed E-state index contributed by atoms with van der Waals surface area (Å²) >= 11 is 6.18. The third-order valence-electron chi connectivity index (χ3n) is 3.39. The number of nitrogens with one attached hydrogen (secondary N) is 1. The Kier molecular flexibility index (Phi) is 5.37. The fourth-order valence-electron chi connectivity index (χ4n) is 2.31. The van der Waals surface area contributed by atoms with Crippen LogP contribution in [-0.4, -0.2) is 16.3 Å². The smallest absolute Gasteiger partial charge is 0.124 e.